The van der Waals surface area contributed by atoms with Crippen LogP contribution in [-0.2, 0) is 4.79 Å². The van der Waals surface area contributed by atoms with Gasteiger partial charge in [-0.25, -0.2) is 0 Å². The highest BCUT2D eigenvalue weighted by Crippen LogP contribution is 2.13. The maximum atomic E-state index is 12.0. The van der Waals surface area contributed by atoms with Gasteiger partial charge in [-0.15, -0.1) is 0 Å². The van der Waals surface area contributed by atoms with Crippen LogP contribution in [0.2, 0.25) is 0 Å². The smallest absolute Gasteiger partial charge is 0.262 e. The highest BCUT2D eigenvalue weighted by atomic mass is 16.5. The zero-order chi connectivity index (χ0) is 19.1. The van der Waals surface area contributed by atoms with E-state index in [2.05, 4.69) is 10.6 Å². The molecule has 2 amide bonds. The number of hydrogen-bond acceptors (Lipinski definition) is 4. The Kier molecular flexibility index (Phi) is 6.49. The largest absolute Gasteiger partial charge is 0.484 e. The molecular weight excluding hydrogens is 332 g/mol. The van der Waals surface area contributed by atoms with E-state index in [1.165, 1.54) is 6.92 Å². The summed E-state index contributed by atoms with van der Waals surface area (Å²) in [5, 5.41) is 5.50. The fraction of sp³-hybridized carbons (Fsp3) is 0.250. The van der Waals surface area contributed by atoms with Crippen molar-refractivity contribution in [1.29, 1.82) is 0 Å². The number of anilines is 1. The number of carbonyl (C=O) groups is 3. The molecule has 136 valence electrons. The number of Topliss-reactive ketones (excluding diaryl/α,β-unsaturated/α-hetero) is 1. The highest BCUT2D eigenvalue weighted by Gasteiger charge is 2.08. The third-order valence-electron chi connectivity index (χ3n) is 3.48. The monoisotopic (exact) mass is 354 g/mol. The lowest BCUT2D eigenvalue weighted by Gasteiger charge is -2.10. The summed E-state index contributed by atoms with van der Waals surface area (Å²) in [5.41, 5.74) is 1.69. The van der Waals surface area contributed by atoms with E-state index in [0.29, 0.717) is 22.6 Å². The third-order valence-corrected chi connectivity index (χ3v) is 3.48. The molecule has 0 aliphatic carbocycles. The van der Waals surface area contributed by atoms with Crippen LogP contribution in [-0.4, -0.2) is 30.2 Å². The number of rotatable bonds is 7. The molecule has 0 bridgehead atoms. The predicted octanol–water partition coefficient (Wildman–Crippen LogP) is 3.04. The van der Waals surface area contributed by atoms with Crippen molar-refractivity contribution in [2.45, 2.75) is 26.8 Å². The molecule has 2 rings (SSSR count). The van der Waals surface area contributed by atoms with E-state index in [0.717, 1.165) is 0 Å². The Morgan fingerprint density at radius 2 is 1.50 bits per heavy atom. The lowest BCUT2D eigenvalue weighted by Crippen LogP contribution is -2.30. The molecule has 0 saturated heterocycles. The molecule has 0 fully saturated rings. The van der Waals surface area contributed by atoms with Gasteiger partial charge >= 0.3 is 0 Å². The molecule has 6 heteroatoms. The van der Waals surface area contributed by atoms with Crippen LogP contribution >= 0.6 is 0 Å². The second-order valence-electron chi connectivity index (χ2n) is 6.12. The maximum absolute atomic E-state index is 12.0. The summed E-state index contributed by atoms with van der Waals surface area (Å²) in [5.74, 6) is 0.000846. The Bertz CT molecular complexity index is 780. The number of ether oxygens (including phenoxy) is 1. The molecule has 6 nitrogen and oxygen atoms in total. The van der Waals surface area contributed by atoms with E-state index < -0.39 is 0 Å². The van der Waals surface area contributed by atoms with Crippen molar-refractivity contribution in [2.24, 2.45) is 0 Å². The van der Waals surface area contributed by atoms with E-state index in [-0.39, 0.29) is 30.2 Å². The number of benzene rings is 2. The van der Waals surface area contributed by atoms with Crippen LogP contribution in [0, 0.1) is 0 Å². The summed E-state index contributed by atoms with van der Waals surface area (Å²) in [7, 11) is 0. The lowest BCUT2D eigenvalue weighted by molar-refractivity contribution is -0.118. The van der Waals surface area contributed by atoms with Crippen molar-refractivity contribution in [2.75, 3.05) is 11.9 Å². The van der Waals surface area contributed by atoms with Crippen molar-refractivity contribution in [1.82, 2.24) is 5.32 Å². The Balaban J connectivity index is 1.85. The first kappa shape index (κ1) is 19.2. The average molecular weight is 354 g/mol. The number of hydrogen-bond donors (Lipinski definition) is 2. The Hall–Kier alpha value is -3.15. The van der Waals surface area contributed by atoms with E-state index in [1.54, 1.807) is 48.5 Å². The molecule has 0 heterocycles. The lowest BCUT2D eigenvalue weighted by atomic mass is 10.1. The normalized spacial score (nSPS) is 10.3. The molecule has 0 saturated carbocycles. The maximum Gasteiger partial charge on any atom is 0.262 e. The van der Waals surface area contributed by atoms with Gasteiger partial charge < -0.3 is 15.4 Å². The SMILES string of the molecule is CC(=O)c1ccc(OCC(=O)Nc2ccc(C(=O)NC(C)C)cc2)cc1. The molecule has 0 spiro atoms. The minimum Gasteiger partial charge on any atom is -0.484 e. The first-order valence-corrected chi connectivity index (χ1v) is 8.29. The molecule has 0 aromatic heterocycles. The minimum atomic E-state index is -0.319. The number of ketones is 1. The summed E-state index contributed by atoms with van der Waals surface area (Å²) in [6, 6.07) is 13.3. The van der Waals surface area contributed by atoms with Crippen LogP contribution in [0.1, 0.15) is 41.5 Å². The number of amides is 2. The topological polar surface area (TPSA) is 84.5 Å². The molecule has 0 radical (unpaired) electrons. The molecular formula is C20H22N2O4. The van der Waals surface area contributed by atoms with Crippen molar-refractivity contribution in [3.8, 4) is 5.75 Å². The van der Waals surface area contributed by atoms with Crippen molar-refractivity contribution in [3.05, 3.63) is 59.7 Å². The van der Waals surface area contributed by atoms with Gasteiger partial charge in [0.05, 0.1) is 0 Å². The van der Waals surface area contributed by atoms with Crippen LogP contribution in [0.5, 0.6) is 5.75 Å². The zero-order valence-electron chi connectivity index (χ0n) is 15.0. The Morgan fingerprint density at radius 3 is 2.04 bits per heavy atom. The predicted molar refractivity (Wildman–Crippen MR) is 99.6 cm³/mol. The summed E-state index contributed by atoms with van der Waals surface area (Å²) in [6.45, 7) is 5.11. The van der Waals surface area contributed by atoms with Crippen molar-refractivity contribution < 1.29 is 19.1 Å². The summed E-state index contributed by atoms with van der Waals surface area (Å²) in [4.78, 5) is 35.0. The van der Waals surface area contributed by atoms with E-state index in [9.17, 15) is 14.4 Å². The van der Waals surface area contributed by atoms with E-state index in [4.69, 9.17) is 4.74 Å². The molecule has 0 atom stereocenters. The minimum absolute atomic E-state index is 0.0279. The van der Waals surface area contributed by atoms with Crippen LogP contribution in [0.15, 0.2) is 48.5 Å². The van der Waals surface area contributed by atoms with Gasteiger partial charge in [-0.05, 0) is 69.3 Å². The Labute approximate surface area is 152 Å². The average Bonchev–Trinajstić information content (AvgIpc) is 2.60. The standard InChI is InChI=1S/C20H22N2O4/c1-13(2)21-20(25)16-4-8-17(9-5-16)22-19(24)12-26-18-10-6-15(7-11-18)14(3)23/h4-11,13H,12H2,1-3H3,(H,21,25)(H,22,24). The van der Waals surface area contributed by atoms with Gasteiger partial charge in [-0.3, -0.25) is 14.4 Å². The van der Waals surface area contributed by atoms with E-state index in [1.807, 2.05) is 13.8 Å². The fourth-order valence-corrected chi connectivity index (χ4v) is 2.18. The second-order valence-corrected chi connectivity index (χ2v) is 6.12. The van der Waals surface area contributed by atoms with E-state index >= 15 is 0 Å². The van der Waals surface area contributed by atoms with Gasteiger partial charge in [0.1, 0.15) is 5.75 Å². The molecule has 2 aromatic carbocycles. The summed E-state index contributed by atoms with van der Waals surface area (Å²) < 4.78 is 5.39. The van der Waals surface area contributed by atoms with Gasteiger partial charge in [0.15, 0.2) is 12.4 Å². The van der Waals surface area contributed by atoms with Crippen LogP contribution in [0.25, 0.3) is 0 Å². The molecule has 2 aromatic rings. The van der Waals surface area contributed by atoms with Gasteiger partial charge in [-0.2, -0.15) is 0 Å². The first-order chi connectivity index (χ1) is 12.3. The molecule has 0 unspecified atom stereocenters. The summed E-state index contributed by atoms with van der Waals surface area (Å²) in [6.07, 6.45) is 0. The first-order valence-electron chi connectivity index (χ1n) is 8.29. The molecule has 2 N–H and O–H groups in total. The van der Waals surface area contributed by atoms with Crippen LogP contribution < -0.4 is 15.4 Å². The van der Waals surface area contributed by atoms with Gasteiger partial charge in [0, 0.05) is 22.9 Å². The second kappa shape index (κ2) is 8.80. The zero-order valence-corrected chi connectivity index (χ0v) is 15.0. The molecule has 0 aliphatic heterocycles. The molecule has 26 heavy (non-hydrogen) atoms. The van der Waals surface area contributed by atoms with Crippen LogP contribution in [0.3, 0.4) is 0 Å². The quantitative estimate of drug-likeness (QED) is 0.749. The fourth-order valence-electron chi connectivity index (χ4n) is 2.18. The summed E-state index contributed by atoms with van der Waals surface area (Å²) >= 11 is 0. The highest BCUT2D eigenvalue weighted by molar-refractivity contribution is 5.96. The van der Waals surface area contributed by atoms with Gasteiger partial charge in [0.25, 0.3) is 11.8 Å². The molecule has 0 aliphatic rings. The number of nitrogens with one attached hydrogen (secondary N) is 2. The van der Waals surface area contributed by atoms with Gasteiger partial charge in [-0.1, -0.05) is 0 Å². The van der Waals surface area contributed by atoms with Gasteiger partial charge in [0.2, 0.25) is 0 Å². The van der Waals surface area contributed by atoms with Crippen LogP contribution in [0.4, 0.5) is 5.69 Å². The number of carbonyl (C=O) groups excluding carboxylic acids is 3. The van der Waals surface area contributed by atoms with Crippen molar-refractivity contribution >= 4 is 23.3 Å². The Morgan fingerprint density at radius 1 is 0.923 bits per heavy atom. The third kappa shape index (κ3) is 5.73. The van der Waals surface area contributed by atoms with Crippen molar-refractivity contribution in [3.63, 3.8) is 0 Å².